The van der Waals surface area contributed by atoms with E-state index in [1.54, 1.807) is 18.5 Å². The molecule has 1 aromatic carbocycles. The van der Waals surface area contributed by atoms with E-state index in [1.807, 2.05) is 31.2 Å². The largest absolute Gasteiger partial charge is 0.426 e. The molecule has 0 atom stereocenters. The number of benzene rings is 1. The summed E-state index contributed by atoms with van der Waals surface area (Å²) < 4.78 is 6.35. The van der Waals surface area contributed by atoms with Crippen LogP contribution in [-0.4, -0.2) is 46.2 Å². The standard InChI is InChI=1S/C19H20N4O3/c1-13-6-7-20-19(24)17(13)18-21-12-16(23(18)25)14-2-4-15(5-3-14)22-8-10-26-11-9-22/h2-7,12,25H,8-11H2,1H3,(H,20,24). The van der Waals surface area contributed by atoms with Gasteiger partial charge in [-0.25, -0.2) is 4.98 Å². The third-order valence-corrected chi connectivity index (χ3v) is 4.67. The van der Waals surface area contributed by atoms with Gasteiger partial charge in [0.2, 0.25) is 0 Å². The minimum atomic E-state index is -0.278. The van der Waals surface area contributed by atoms with Crippen molar-refractivity contribution in [3.05, 3.63) is 58.6 Å². The smallest absolute Gasteiger partial charge is 0.259 e. The van der Waals surface area contributed by atoms with Gasteiger partial charge >= 0.3 is 0 Å². The predicted molar refractivity (Wildman–Crippen MR) is 98.7 cm³/mol. The molecule has 7 heteroatoms. The molecule has 2 N–H and O–H groups in total. The molecule has 3 heterocycles. The summed E-state index contributed by atoms with van der Waals surface area (Å²) in [4.78, 5) is 21.3. The fraction of sp³-hybridized carbons (Fsp3) is 0.263. The van der Waals surface area contributed by atoms with Crippen molar-refractivity contribution in [2.45, 2.75) is 6.92 Å². The number of anilines is 1. The summed E-state index contributed by atoms with van der Waals surface area (Å²) in [6.07, 6.45) is 3.15. The third kappa shape index (κ3) is 2.86. The van der Waals surface area contributed by atoms with Crippen LogP contribution < -0.4 is 10.5 Å². The first kappa shape index (κ1) is 16.4. The molecule has 1 aliphatic rings. The third-order valence-electron chi connectivity index (χ3n) is 4.67. The number of H-pyrrole nitrogens is 1. The van der Waals surface area contributed by atoms with Gasteiger partial charge in [0.15, 0.2) is 5.82 Å². The molecule has 1 saturated heterocycles. The summed E-state index contributed by atoms with van der Waals surface area (Å²) >= 11 is 0. The van der Waals surface area contributed by atoms with Crippen molar-refractivity contribution in [2.24, 2.45) is 0 Å². The van der Waals surface area contributed by atoms with Crippen molar-refractivity contribution in [2.75, 3.05) is 31.2 Å². The second-order valence-electron chi connectivity index (χ2n) is 6.29. The number of nitrogens with zero attached hydrogens (tertiary/aromatic N) is 3. The number of pyridine rings is 1. The molecule has 2 aromatic heterocycles. The number of ether oxygens (including phenoxy) is 1. The fourth-order valence-corrected chi connectivity index (χ4v) is 3.23. The molecule has 0 aliphatic carbocycles. The molecule has 0 spiro atoms. The van der Waals surface area contributed by atoms with Crippen LogP contribution in [0.2, 0.25) is 0 Å². The van der Waals surface area contributed by atoms with Gasteiger partial charge < -0.3 is 19.8 Å². The van der Waals surface area contributed by atoms with Gasteiger partial charge in [0.05, 0.1) is 25.0 Å². The molecule has 1 fully saturated rings. The Kier molecular flexibility index (Phi) is 4.22. The highest BCUT2D eigenvalue weighted by Gasteiger charge is 2.18. The summed E-state index contributed by atoms with van der Waals surface area (Å²) in [6.45, 7) is 5.03. The number of hydrogen-bond acceptors (Lipinski definition) is 5. The van der Waals surface area contributed by atoms with E-state index in [0.717, 1.165) is 47.8 Å². The van der Waals surface area contributed by atoms with Gasteiger partial charge in [-0.15, -0.1) is 0 Å². The first-order chi connectivity index (χ1) is 12.6. The maximum absolute atomic E-state index is 12.1. The predicted octanol–water partition coefficient (Wildman–Crippen LogP) is 2.29. The van der Waals surface area contributed by atoms with E-state index in [-0.39, 0.29) is 11.4 Å². The quantitative estimate of drug-likeness (QED) is 0.707. The molecule has 3 aromatic rings. The zero-order valence-corrected chi connectivity index (χ0v) is 14.5. The average Bonchev–Trinajstić information content (AvgIpc) is 3.04. The molecule has 0 saturated carbocycles. The lowest BCUT2D eigenvalue weighted by Crippen LogP contribution is -2.36. The van der Waals surface area contributed by atoms with Crippen molar-refractivity contribution >= 4 is 5.69 Å². The molecule has 0 amide bonds. The Bertz CT molecular complexity index is 969. The second-order valence-corrected chi connectivity index (χ2v) is 6.29. The van der Waals surface area contributed by atoms with Crippen molar-refractivity contribution < 1.29 is 9.94 Å². The zero-order valence-electron chi connectivity index (χ0n) is 14.5. The van der Waals surface area contributed by atoms with E-state index in [2.05, 4.69) is 14.9 Å². The van der Waals surface area contributed by atoms with Crippen LogP contribution in [0.25, 0.3) is 22.6 Å². The van der Waals surface area contributed by atoms with Crippen LogP contribution in [0.4, 0.5) is 5.69 Å². The summed E-state index contributed by atoms with van der Waals surface area (Å²) in [5.41, 5.74) is 3.33. The maximum atomic E-state index is 12.1. The molecule has 0 radical (unpaired) electrons. The van der Waals surface area contributed by atoms with E-state index in [9.17, 15) is 10.0 Å². The Morgan fingerprint density at radius 3 is 2.58 bits per heavy atom. The molecular weight excluding hydrogens is 332 g/mol. The molecule has 7 nitrogen and oxygen atoms in total. The van der Waals surface area contributed by atoms with Gasteiger partial charge in [0, 0.05) is 30.5 Å². The molecule has 26 heavy (non-hydrogen) atoms. The number of rotatable bonds is 3. The highest BCUT2D eigenvalue weighted by atomic mass is 16.5. The fourth-order valence-electron chi connectivity index (χ4n) is 3.23. The van der Waals surface area contributed by atoms with E-state index in [4.69, 9.17) is 4.74 Å². The number of aromatic nitrogens is 3. The van der Waals surface area contributed by atoms with Gasteiger partial charge in [-0.05, 0) is 30.7 Å². The van der Waals surface area contributed by atoms with Crippen LogP contribution in [0.1, 0.15) is 5.56 Å². The summed E-state index contributed by atoms with van der Waals surface area (Å²) in [5.74, 6) is 0.233. The number of hydrogen-bond donors (Lipinski definition) is 2. The van der Waals surface area contributed by atoms with E-state index < -0.39 is 0 Å². The number of aryl methyl sites for hydroxylation is 1. The normalized spacial score (nSPS) is 14.6. The van der Waals surface area contributed by atoms with Crippen LogP contribution in [0.5, 0.6) is 0 Å². The van der Waals surface area contributed by atoms with Gasteiger partial charge in [-0.2, -0.15) is 4.73 Å². The van der Waals surface area contributed by atoms with Crippen LogP contribution in [-0.2, 0) is 4.74 Å². The van der Waals surface area contributed by atoms with Crippen molar-refractivity contribution in [1.82, 2.24) is 14.7 Å². The molecule has 0 bridgehead atoms. The van der Waals surface area contributed by atoms with E-state index in [1.165, 1.54) is 0 Å². The first-order valence-corrected chi connectivity index (χ1v) is 8.54. The van der Waals surface area contributed by atoms with E-state index in [0.29, 0.717) is 11.3 Å². The number of morpholine rings is 1. The van der Waals surface area contributed by atoms with Crippen molar-refractivity contribution in [3.63, 3.8) is 0 Å². The van der Waals surface area contributed by atoms with Gasteiger partial charge in [-0.1, -0.05) is 12.1 Å². The van der Waals surface area contributed by atoms with Crippen LogP contribution >= 0.6 is 0 Å². The minimum absolute atomic E-state index is 0.233. The van der Waals surface area contributed by atoms with Crippen molar-refractivity contribution in [1.29, 1.82) is 0 Å². The van der Waals surface area contributed by atoms with Crippen LogP contribution in [0.15, 0.2) is 47.5 Å². The summed E-state index contributed by atoms with van der Waals surface area (Å²) in [7, 11) is 0. The SMILES string of the molecule is Cc1cc[nH]c(=O)c1-c1ncc(-c2ccc(N3CCOCC3)cc2)n1O. The lowest BCUT2D eigenvalue weighted by atomic mass is 10.1. The van der Waals surface area contributed by atoms with Crippen LogP contribution in [0, 0.1) is 6.92 Å². The van der Waals surface area contributed by atoms with Gasteiger partial charge in [-0.3, -0.25) is 4.79 Å². The Hall–Kier alpha value is -3.06. The highest BCUT2D eigenvalue weighted by molar-refractivity contribution is 5.68. The highest BCUT2D eigenvalue weighted by Crippen LogP contribution is 2.27. The topological polar surface area (TPSA) is 83.4 Å². The Morgan fingerprint density at radius 2 is 1.88 bits per heavy atom. The Labute approximate surface area is 150 Å². The first-order valence-electron chi connectivity index (χ1n) is 8.54. The molecular formula is C19H20N4O3. The minimum Gasteiger partial charge on any atom is -0.426 e. The lowest BCUT2D eigenvalue weighted by molar-refractivity contribution is 0.122. The zero-order chi connectivity index (χ0) is 18.1. The number of nitrogens with one attached hydrogen (secondary N) is 1. The average molecular weight is 352 g/mol. The summed E-state index contributed by atoms with van der Waals surface area (Å²) in [6, 6.07) is 9.71. The number of aromatic amines is 1. The molecule has 4 rings (SSSR count). The van der Waals surface area contributed by atoms with Crippen LogP contribution in [0.3, 0.4) is 0 Å². The second kappa shape index (κ2) is 6.68. The van der Waals surface area contributed by atoms with Gasteiger partial charge in [0.1, 0.15) is 5.69 Å². The molecule has 0 unspecified atom stereocenters. The molecule has 134 valence electrons. The summed E-state index contributed by atoms with van der Waals surface area (Å²) in [5, 5.41) is 10.6. The number of imidazole rings is 1. The monoisotopic (exact) mass is 352 g/mol. The Balaban J connectivity index is 1.67. The Morgan fingerprint density at radius 1 is 1.15 bits per heavy atom. The maximum Gasteiger partial charge on any atom is 0.259 e. The van der Waals surface area contributed by atoms with Crippen molar-refractivity contribution in [3.8, 4) is 22.6 Å². The van der Waals surface area contributed by atoms with E-state index >= 15 is 0 Å². The van der Waals surface area contributed by atoms with Gasteiger partial charge in [0.25, 0.3) is 5.56 Å². The molecule has 1 aliphatic heterocycles. The lowest BCUT2D eigenvalue weighted by Gasteiger charge is -2.28.